The fraction of sp³-hybridized carbons (Fsp3) is 0.889. The predicted octanol–water partition coefficient (Wildman–Crippen LogP) is 6.61. The monoisotopic (exact) mass is 252 g/mol. The van der Waals surface area contributed by atoms with Crippen LogP contribution in [0.1, 0.15) is 86.5 Å². The van der Waals surface area contributed by atoms with Crippen molar-refractivity contribution in [3.05, 3.63) is 12.2 Å². The summed E-state index contributed by atoms with van der Waals surface area (Å²) in [6.07, 6.45) is 9.33. The van der Waals surface area contributed by atoms with Crippen molar-refractivity contribution in [3.63, 3.8) is 0 Å². The lowest BCUT2D eigenvalue weighted by Gasteiger charge is -2.36. The van der Waals surface area contributed by atoms with Gasteiger partial charge in [-0.05, 0) is 37.0 Å². The van der Waals surface area contributed by atoms with Crippen molar-refractivity contribution in [1.29, 1.82) is 0 Å². The van der Waals surface area contributed by atoms with E-state index < -0.39 is 0 Å². The molecule has 0 spiro atoms. The van der Waals surface area contributed by atoms with Gasteiger partial charge in [0.2, 0.25) is 0 Å². The Hall–Kier alpha value is -0.260. The van der Waals surface area contributed by atoms with Gasteiger partial charge < -0.3 is 0 Å². The summed E-state index contributed by atoms with van der Waals surface area (Å²) in [5.41, 5.74) is 1.74. The van der Waals surface area contributed by atoms with Gasteiger partial charge in [-0.15, -0.1) is 0 Å². The molecule has 2 unspecified atom stereocenters. The minimum absolute atomic E-state index is 0.351. The molecule has 0 aromatic carbocycles. The lowest BCUT2D eigenvalue weighted by atomic mass is 9.69. The lowest BCUT2D eigenvalue weighted by Crippen LogP contribution is -2.24. The molecule has 0 saturated heterocycles. The zero-order valence-electron chi connectivity index (χ0n) is 13.8. The maximum atomic E-state index is 4.28. The molecule has 0 bridgehead atoms. The van der Waals surface area contributed by atoms with Gasteiger partial charge in [-0.3, -0.25) is 0 Å². The Morgan fingerprint density at radius 1 is 1.11 bits per heavy atom. The van der Waals surface area contributed by atoms with Crippen LogP contribution in [0.15, 0.2) is 12.2 Å². The number of hydrogen-bond acceptors (Lipinski definition) is 0. The first-order valence-electron chi connectivity index (χ1n) is 8.05. The lowest BCUT2D eigenvalue weighted by molar-refractivity contribution is 0.220. The van der Waals surface area contributed by atoms with Crippen molar-refractivity contribution in [2.24, 2.45) is 17.3 Å². The van der Waals surface area contributed by atoms with E-state index in [9.17, 15) is 0 Å². The van der Waals surface area contributed by atoms with Crippen LogP contribution in [0.5, 0.6) is 0 Å². The summed E-state index contributed by atoms with van der Waals surface area (Å²) < 4.78 is 0. The second kappa shape index (κ2) is 8.77. The third kappa shape index (κ3) is 6.07. The smallest absolute Gasteiger partial charge is 0.0117 e. The highest BCUT2D eigenvalue weighted by atomic mass is 14.3. The Morgan fingerprint density at radius 3 is 2.06 bits per heavy atom. The van der Waals surface area contributed by atoms with Crippen LogP contribution in [0, 0.1) is 17.3 Å². The molecule has 0 aliphatic heterocycles. The van der Waals surface area contributed by atoms with Crippen molar-refractivity contribution in [3.8, 4) is 0 Å². The van der Waals surface area contributed by atoms with E-state index in [0.717, 1.165) is 11.8 Å². The summed E-state index contributed by atoms with van der Waals surface area (Å²) >= 11 is 0. The van der Waals surface area contributed by atoms with Crippen LogP contribution in [-0.2, 0) is 0 Å². The van der Waals surface area contributed by atoms with Crippen LogP contribution in [0.3, 0.4) is 0 Å². The Labute approximate surface area is 116 Å². The Balaban J connectivity index is 4.55. The second-order valence-corrected chi connectivity index (χ2v) is 6.68. The van der Waals surface area contributed by atoms with E-state index in [2.05, 4.69) is 48.1 Å². The molecule has 0 saturated carbocycles. The van der Waals surface area contributed by atoms with Crippen LogP contribution in [-0.4, -0.2) is 0 Å². The number of allylic oxidation sites excluding steroid dienone is 1. The summed E-state index contributed by atoms with van der Waals surface area (Å²) in [5, 5.41) is 0. The predicted molar refractivity (Wildman–Crippen MR) is 84.9 cm³/mol. The first-order valence-corrected chi connectivity index (χ1v) is 8.05. The first-order chi connectivity index (χ1) is 8.39. The summed E-state index contributed by atoms with van der Waals surface area (Å²) in [6, 6.07) is 0. The minimum atomic E-state index is 0.351. The maximum Gasteiger partial charge on any atom is -0.0117 e. The molecule has 0 rings (SSSR count). The van der Waals surface area contributed by atoms with Gasteiger partial charge in [-0.1, -0.05) is 78.9 Å². The van der Waals surface area contributed by atoms with E-state index >= 15 is 0 Å². The maximum absolute atomic E-state index is 4.28. The summed E-state index contributed by atoms with van der Waals surface area (Å²) in [7, 11) is 0. The zero-order valence-corrected chi connectivity index (χ0v) is 13.8. The number of unbranched alkanes of at least 4 members (excludes halogenated alkanes) is 1. The third-order valence-electron chi connectivity index (χ3n) is 4.77. The topological polar surface area (TPSA) is 0 Å². The molecule has 0 aliphatic carbocycles. The van der Waals surface area contributed by atoms with Crippen LogP contribution in [0.4, 0.5) is 0 Å². The van der Waals surface area contributed by atoms with Crippen molar-refractivity contribution in [2.75, 3.05) is 0 Å². The standard InChI is InChI=1S/C18H36/c1-8-11-12-16(6)13-18(7,15(4)5)14-17(9-2)10-3/h16-17H,4,8-14H2,1-3,5-7H3. The van der Waals surface area contributed by atoms with E-state index in [1.165, 1.54) is 50.5 Å². The highest BCUT2D eigenvalue weighted by molar-refractivity contribution is 5.06. The van der Waals surface area contributed by atoms with Gasteiger partial charge in [0.1, 0.15) is 0 Å². The molecule has 0 aromatic rings. The molecule has 0 radical (unpaired) electrons. The normalized spacial score (nSPS) is 16.6. The molecular weight excluding hydrogens is 216 g/mol. The molecule has 0 heterocycles. The molecule has 0 heteroatoms. The van der Waals surface area contributed by atoms with Gasteiger partial charge in [-0.25, -0.2) is 0 Å². The first kappa shape index (κ1) is 17.7. The highest BCUT2D eigenvalue weighted by Crippen LogP contribution is 2.41. The summed E-state index contributed by atoms with van der Waals surface area (Å²) in [6.45, 7) is 18.3. The van der Waals surface area contributed by atoms with Crippen LogP contribution in [0.2, 0.25) is 0 Å². The van der Waals surface area contributed by atoms with E-state index in [1.54, 1.807) is 0 Å². The van der Waals surface area contributed by atoms with Crippen LogP contribution >= 0.6 is 0 Å². The SMILES string of the molecule is C=C(C)C(C)(CC(C)CCCC)CC(CC)CC. The van der Waals surface area contributed by atoms with E-state index in [1.807, 2.05) is 0 Å². The molecule has 0 aromatic heterocycles. The van der Waals surface area contributed by atoms with Crippen molar-refractivity contribution < 1.29 is 0 Å². The van der Waals surface area contributed by atoms with Gasteiger partial charge in [0.05, 0.1) is 0 Å². The fourth-order valence-electron chi connectivity index (χ4n) is 3.07. The molecule has 18 heavy (non-hydrogen) atoms. The van der Waals surface area contributed by atoms with Crippen LogP contribution < -0.4 is 0 Å². The summed E-state index contributed by atoms with van der Waals surface area (Å²) in [4.78, 5) is 0. The van der Waals surface area contributed by atoms with Gasteiger partial charge >= 0.3 is 0 Å². The molecule has 108 valence electrons. The second-order valence-electron chi connectivity index (χ2n) is 6.68. The molecule has 0 nitrogen and oxygen atoms in total. The average molecular weight is 252 g/mol. The van der Waals surface area contributed by atoms with Gasteiger partial charge in [0.15, 0.2) is 0 Å². The quantitative estimate of drug-likeness (QED) is 0.384. The molecule has 0 amide bonds. The van der Waals surface area contributed by atoms with Gasteiger partial charge in [-0.2, -0.15) is 0 Å². The molecule has 2 atom stereocenters. The highest BCUT2D eigenvalue weighted by Gasteiger charge is 2.29. The molecular formula is C18H36. The zero-order chi connectivity index (χ0) is 14.2. The van der Waals surface area contributed by atoms with Crippen molar-refractivity contribution >= 4 is 0 Å². The van der Waals surface area contributed by atoms with E-state index in [-0.39, 0.29) is 0 Å². The largest absolute Gasteiger partial charge is 0.0996 e. The molecule has 0 fully saturated rings. The summed E-state index contributed by atoms with van der Waals surface area (Å²) in [5.74, 6) is 1.70. The molecule has 0 aliphatic rings. The molecule has 0 N–H and O–H groups in total. The van der Waals surface area contributed by atoms with E-state index in [4.69, 9.17) is 0 Å². The fourth-order valence-corrected chi connectivity index (χ4v) is 3.07. The number of rotatable bonds is 10. The number of hydrogen-bond donors (Lipinski definition) is 0. The Kier molecular flexibility index (Phi) is 8.65. The minimum Gasteiger partial charge on any atom is -0.0996 e. The van der Waals surface area contributed by atoms with Gasteiger partial charge in [0, 0.05) is 0 Å². The third-order valence-corrected chi connectivity index (χ3v) is 4.77. The van der Waals surface area contributed by atoms with Crippen molar-refractivity contribution in [2.45, 2.75) is 86.5 Å². The van der Waals surface area contributed by atoms with Gasteiger partial charge in [0.25, 0.3) is 0 Å². The van der Waals surface area contributed by atoms with E-state index in [0.29, 0.717) is 5.41 Å². The Bertz CT molecular complexity index is 224. The van der Waals surface area contributed by atoms with Crippen LogP contribution in [0.25, 0.3) is 0 Å². The Morgan fingerprint density at radius 2 is 1.67 bits per heavy atom. The van der Waals surface area contributed by atoms with Crippen molar-refractivity contribution in [1.82, 2.24) is 0 Å². The average Bonchev–Trinajstić information content (AvgIpc) is 2.33.